The zero-order valence-electron chi connectivity index (χ0n) is 19.8. The number of carbonyl (C=O) groups excluding carboxylic acids is 1. The van der Waals surface area contributed by atoms with E-state index in [9.17, 15) is 0 Å². The third-order valence-corrected chi connectivity index (χ3v) is 7.28. The van der Waals surface area contributed by atoms with Crippen molar-refractivity contribution in [2.45, 2.75) is 18.8 Å². The quantitative estimate of drug-likeness (QED) is 0.340. The molecular weight excluding hydrogens is 478 g/mol. The van der Waals surface area contributed by atoms with Gasteiger partial charge in [-0.3, -0.25) is 9.20 Å². The highest BCUT2D eigenvalue weighted by atomic mass is 35.5. The first-order valence-electron chi connectivity index (χ1n) is 11.8. The van der Waals surface area contributed by atoms with E-state index in [1.165, 1.54) is 11.3 Å². The number of aryl methyl sites for hydroxylation is 1. The predicted molar refractivity (Wildman–Crippen MR) is 139 cm³/mol. The average Bonchev–Trinajstić information content (AvgIpc) is 3.42. The SMILES string of the molecule is Cc1ccc(-c2nc3n(n2)CC(Cl)C=C3)cc1-c1cnc2ccc(N3CC4(COC4)C3)cn12.NC=O. The van der Waals surface area contributed by atoms with Crippen molar-refractivity contribution in [1.82, 2.24) is 24.1 Å². The van der Waals surface area contributed by atoms with Crippen molar-refractivity contribution in [2.75, 3.05) is 31.2 Å². The zero-order chi connectivity index (χ0) is 24.9. The van der Waals surface area contributed by atoms with E-state index in [1.54, 1.807) is 0 Å². The van der Waals surface area contributed by atoms with Crippen molar-refractivity contribution in [3.05, 3.63) is 60.2 Å². The second-order valence-corrected chi connectivity index (χ2v) is 10.2. The van der Waals surface area contributed by atoms with Crippen LogP contribution in [0.5, 0.6) is 0 Å². The van der Waals surface area contributed by atoms with Crippen LogP contribution in [0.3, 0.4) is 0 Å². The van der Waals surface area contributed by atoms with Gasteiger partial charge in [-0.05, 0) is 36.8 Å². The standard InChI is InChI=1S/C25H23ClN6O.CH3NO/c1-16-2-3-17(24-28-23-6-4-18(26)10-32(23)29-24)8-20(16)21-9-27-22-7-5-19(11-31(21)22)30-12-25(13-30)14-33-15-25;2-1-3/h2-9,11,18H,10,12-15H2,1H3;1H,(H2,2,3). The normalized spacial score (nSPS) is 19.3. The number of aromatic nitrogens is 5. The number of nitrogens with zero attached hydrogens (tertiary/aromatic N) is 6. The first-order valence-corrected chi connectivity index (χ1v) is 12.3. The maximum absolute atomic E-state index is 8.58. The maximum Gasteiger partial charge on any atom is 0.204 e. The molecule has 1 spiro atoms. The fourth-order valence-electron chi connectivity index (χ4n) is 5.06. The summed E-state index contributed by atoms with van der Waals surface area (Å²) in [5.74, 6) is 1.55. The molecule has 1 atom stereocenters. The van der Waals surface area contributed by atoms with Crippen molar-refractivity contribution < 1.29 is 9.53 Å². The van der Waals surface area contributed by atoms with Crippen LogP contribution in [-0.4, -0.2) is 62.2 Å². The van der Waals surface area contributed by atoms with E-state index >= 15 is 0 Å². The molecule has 1 unspecified atom stereocenters. The number of benzene rings is 1. The van der Waals surface area contributed by atoms with Gasteiger partial charge in [0.05, 0.1) is 48.1 Å². The Labute approximate surface area is 213 Å². The monoisotopic (exact) mass is 503 g/mol. The lowest BCUT2D eigenvalue weighted by Crippen LogP contribution is -2.66. The molecule has 2 N–H and O–H groups in total. The number of anilines is 1. The molecule has 9 nitrogen and oxygen atoms in total. The van der Waals surface area contributed by atoms with Gasteiger partial charge in [0.1, 0.15) is 5.65 Å². The minimum Gasteiger partial charge on any atom is -0.380 e. The molecule has 3 aliphatic rings. The summed E-state index contributed by atoms with van der Waals surface area (Å²) in [6.07, 6.45) is 8.31. The fraction of sp³-hybridized carbons (Fsp3) is 0.308. The Bertz CT molecular complexity index is 1480. The Hall–Kier alpha value is -3.69. The van der Waals surface area contributed by atoms with Crippen LogP contribution in [0.2, 0.25) is 0 Å². The summed E-state index contributed by atoms with van der Waals surface area (Å²) in [5.41, 5.74) is 11.1. The molecule has 1 aromatic carbocycles. The van der Waals surface area contributed by atoms with Gasteiger partial charge in [0.2, 0.25) is 6.41 Å². The number of halogens is 1. The minimum absolute atomic E-state index is 0.0499. The summed E-state index contributed by atoms with van der Waals surface area (Å²) in [4.78, 5) is 20.4. The van der Waals surface area contributed by atoms with Gasteiger partial charge in [-0.25, -0.2) is 14.6 Å². The van der Waals surface area contributed by atoms with Crippen LogP contribution in [0.1, 0.15) is 11.4 Å². The third kappa shape index (κ3) is 3.84. The molecule has 4 aromatic rings. The van der Waals surface area contributed by atoms with Gasteiger partial charge < -0.3 is 15.4 Å². The number of ether oxygens (including phenoxy) is 1. The minimum atomic E-state index is -0.0499. The molecule has 10 heteroatoms. The molecule has 7 rings (SSSR count). The first-order chi connectivity index (χ1) is 17.5. The van der Waals surface area contributed by atoms with Crippen molar-refractivity contribution in [2.24, 2.45) is 11.1 Å². The van der Waals surface area contributed by atoms with E-state index in [1.807, 2.05) is 23.0 Å². The van der Waals surface area contributed by atoms with E-state index in [0.717, 1.165) is 54.6 Å². The summed E-state index contributed by atoms with van der Waals surface area (Å²) >= 11 is 6.25. The predicted octanol–water partition coefficient (Wildman–Crippen LogP) is 3.14. The molecule has 2 fully saturated rings. The fourth-order valence-corrected chi connectivity index (χ4v) is 5.27. The number of carbonyl (C=O) groups is 1. The van der Waals surface area contributed by atoms with E-state index in [4.69, 9.17) is 31.2 Å². The van der Waals surface area contributed by atoms with Crippen molar-refractivity contribution in [3.63, 3.8) is 0 Å². The number of rotatable bonds is 3. The van der Waals surface area contributed by atoms with Gasteiger partial charge in [-0.2, -0.15) is 5.10 Å². The average molecular weight is 504 g/mol. The summed E-state index contributed by atoms with van der Waals surface area (Å²) in [6.45, 7) is 6.67. The molecule has 1 amide bonds. The number of imidazole rings is 1. The summed E-state index contributed by atoms with van der Waals surface area (Å²) in [6, 6.07) is 10.6. The van der Waals surface area contributed by atoms with Gasteiger partial charge in [0, 0.05) is 30.4 Å². The van der Waals surface area contributed by atoms with Crippen LogP contribution in [0, 0.1) is 12.3 Å². The molecule has 0 saturated carbocycles. The van der Waals surface area contributed by atoms with Gasteiger partial charge in [0.15, 0.2) is 11.6 Å². The molecule has 2 saturated heterocycles. The van der Waals surface area contributed by atoms with Crippen molar-refractivity contribution in [1.29, 1.82) is 0 Å². The molecule has 0 aliphatic carbocycles. The number of alkyl halides is 1. The lowest BCUT2D eigenvalue weighted by atomic mass is 9.78. The lowest BCUT2D eigenvalue weighted by molar-refractivity contribution is -0.127. The summed E-state index contributed by atoms with van der Waals surface area (Å²) in [7, 11) is 0. The number of primary amides is 1. The highest BCUT2D eigenvalue weighted by Crippen LogP contribution is 2.40. The number of hydrogen-bond donors (Lipinski definition) is 1. The molecule has 3 aliphatic heterocycles. The number of amides is 1. The maximum atomic E-state index is 8.58. The Balaban J connectivity index is 0.000000765. The van der Waals surface area contributed by atoms with Gasteiger partial charge in [0.25, 0.3) is 0 Å². The third-order valence-electron chi connectivity index (χ3n) is 7.00. The number of nitrogens with two attached hydrogens (primary N) is 1. The van der Waals surface area contributed by atoms with Crippen molar-refractivity contribution >= 4 is 35.4 Å². The van der Waals surface area contributed by atoms with Crippen LogP contribution in [-0.2, 0) is 16.1 Å². The highest BCUT2D eigenvalue weighted by molar-refractivity contribution is 6.22. The van der Waals surface area contributed by atoms with Crippen LogP contribution in [0.15, 0.2) is 48.8 Å². The summed E-state index contributed by atoms with van der Waals surface area (Å²) < 4.78 is 9.49. The Morgan fingerprint density at radius 3 is 2.78 bits per heavy atom. The smallest absolute Gasteiger partial charge is 0.204 e. The Morgan fingerprint density at radius 2 is 2.03 bits per heavy atom. The second kappa shape index (κ2) is 8.76. The van der Waals surface area contributed by atoms with E-state index in [-0.39, 0.29) is 11.8 Å². The van der Waals surface area contributed by atoms with Gasteiger partial charge in [-0.15, -0.1) is 11.6 Å². The van der Waals surface area contributed by atoms with Gasteiger partial charge >= 0.3 is 0 Å². The molecule has 6 heterocycles. The number of hydrogen-bond acceptors (Lipinski definition) is 6. The van der Waals surface area contributed by atoms with E-state index in [2.05, 4.69) is 63.5 Å². The molecule has 184 valence electrons. The molecule has 0 bridgehead atoms. The number of fused-ring (bicyclic) bond motifs is 2. The molecule has 0 radical (unpaired) electrons. The molecular formula is C26H26ClN7O2. The number of allylic oxidation sites excluding steroid dienone is 1. The highest BCUT2D eigenvalue weighted by Gasteiger charge is 2.49. The zero-order valence-corrected chi connectivity index (χ0v) is 20.6. The molecule has 3 aromatic heterocycles. The Morgan fingerprint density at radius 1 is 1.22 bits per heavy atom. The Kier molecular flexibility index (Phi) is 5.54. The van der Waals surface area contributed by atoms with E-state index in [0.29, 0.717) is 17.8 Å². The topological polar surface area (TPSA) is 104 Å². The van der Waals surface area contributed by atoms with Crippen molar-refractivity contribution in [3.8, 4) is 22.6 Å². The van der Waals surface area contributed by atoms with Crippen LogP contribution < -0.4 is 10.6 Å². The number of pyridine rings is 1. The van der Waals surface area contributed by atoms with Crippen LogP contribution in [0.4, 0.5) is 5.69 Å². The first kappa shape index (κ1) is 22.8. The summed E-state index contributed by atoms with van der Waals surface area (Å²) in [5, 5.41) is 4.65. The lowest BCUT2D eigenvalue weighted by Gasteiger charge is -2.55. The van der Waals surface area contributed by atoms with E-state index < -0.39 is 0 Å². The largest absolute Gasteiger partial charge is 0.380 e. The molecule has 36 heavy (non-hydrogen) atoms. The second-order valence-electron chi connectivity index (χ2n) is 9.62. The van der Waals surface area contributed by atoms with Crippen LogP contribution in [0.25, 0.3) is 34.4 Å². The van der Waals surface area contributed by atoms with Crippen LogP contribution >= 0.6 is 11.6 Å². The van der Waals surface area contributed by atoms with Gasteiger partial charge in [-0.1, -0.05) is 18.2 Å².